The molecule has 2 aromatic rings. The summed E-state index contributed by atoms with van der Waals surface area (Å²) in [5.41, 5.74) is 2.14. The first-order valence-corrected chi connectivity index (χ1v) is 7.60. The molecule has 3 nitrogen and oxygen atoms in total. The molecule has 0 saturated carbocycles. The molecule has 2 rings (SSSR count). The van der Waals surface area contributed by atoms with Crippen LogP contribution in [0, 0.1) is 12.7 Å². The zero-order valence-electron chi connectivity index (χ0n) is 12.1. The predicted octanol–water partition coefficient (Wildman–Crippen LogP) is 3.52. The minimum Gasteiger partial charge on any atom is -0.313 e. The van der Waals surface area contributed by atoms with Crippen LogP contribution >= 0.6 is 11.8 Å². The molecule has 0 fully saturated rings. The highest BCUT2D eigenvalue weighted by Crippen LogP contribution is 2.33. The highest BCUT2D eigenvalue weighted by Gasteiger charge is 2.15. The topological polar surface area (TPSA) is 29.9 Å². The number of halogens is 1. The summed E-state index contributed by atoms with van der Waals surface area (Å²) in [6.45, 7) is 5.87. The van der Waals surface area contributed by atoms with Crippen LogP contribution < -0.4 is 5.32 Å². The molecule has 1 N–H and O–H groups in total. The molecular formula is C15H20FN3S. The van der Waals surface area contributed by atoms with Gasteiger partial charge in [0.05, 0.1) is 5.69 Å². The lowest BCUT2D eigenvalue weighted by molar-refractivity contribution is 0.600. The molecule has 0 amide bonds. The van der Waals surface area contributed by atoms with Gasteiger partial charge in [-0.05, 0) is 32.0 Å². The Morgan fingerprint density at radius 2 is 2.10 bits per heavy atom. The van der Waals surface area contributed by atoms with Gasteiger partial charge in [-0.25, -0.2) is 4.39 Å². The van der Waals surface area contributed by atoms with E-state index in [1.165, 1.54) is 17.8 Å². The van der Waals surface area contributed by atoms with E-state index in [1.54, 1.807) is 12.1 Å². The van der Waals surface area contributed by atoms with Crippen LogP contribution in [0.4, 0.5) is 4.39 Å². The molecule has 0 bridgehead atoms. The molecule has 20 heavy (non-hydrogen) atoms. The van der Waals surface area contributed by atoms with Crippen molar-refractivity contribution in [1.82, 2.24) is 15.1 Å². The fourth-order valence-corrected chi connectivity index (χ4v) is 3.07. The molecule has 0 radical (unpaired) electrons. The van der Waals surface area contributed by atoms with E-state index in [2.05, 4.69) is 17.3 Å². The van der Waals surface area contributed by atoms with Gasteiger partial charge in [-0.2, -0.15) is 5.10 Å². The van der Waals surface area contributed by atoms with Gasteiger partial charge >= 0.3 is 0 Å². The Hall–Kier alpha value is -1.33. The molecule has 0 atom stereocenters. The molecule has 1 aromatic heterocycles. The van der Waals surface area contributed by atoms with Gasteiger partial charge in [-0.3, -0.25) is 4.68 Å². The highest BCUT2D eigenvalue weighted by molar-refractivity contribution is 7.99. The van der Waals surface area contributed by atoms with E-state index in [9.17, 15) is 4.39 Å². The Bertz CT molecular complexity index is 580. The second-order valence-electron chi connectivity index (χ2n) is 4.70. The van der Waals surface area contributed by atoms with Crippen LogP contribution in [0.2, 0.25) is 0 Å². The first-order valence-electron chi connectivity index (χ1n) is 6.79. The van der Waals surface area contributed by atoms with Crippen molar-refractivity contribution in [3.8, 4) is 0 Å². The lowest BCUT2D eigenvalue weighted by Gasteiger charge is -2.08. The van der Waals surface area contributed by atoms with Gasteiger partial charge in [0.1, 0.15) is 10.8 Å². The first kappa shape index (κ1) is 15.1. The third-order valence-corrected chi connectivity index (χ3v) is 4.32. The number of aromatic nitrogens is 2. The number of benzene rings is 1. The monoisotopic (exact) mass is 293 g/mol. The summed E-state index contributed by atoms with van der Waals surface area (Å²) >= 11 is 1.43. The van der Waals surface area contributed by atoms with Crippen LogP contribution in [0.15, 0.2) is 34.2 Å². The largest absolute Gasteiger partial charge is 0.313 e. The third-order valence-electron chi connectivity index (χ3n) is 3.06. The van der Waals surface area contributed by atoms with Crippen molar-refractivity contribution >= 4 is 11.8 Å². The fourth-order valence-electron chi connectivity index (χ4n) is 2.03. The van der Waals surface area contributed by atoms with E-state index in [0.717, 1.165) is 35.8 Å². The Labute approximate surface area is 123 Å². The van der Waals surface area contributed by atoms with Crippen LogP contribution in [-0.2, 0) is 13.6 Å². The summed E-state index contributed by atoms with van der Waals surface area (Å²) < 4.78 is 15.6. The second kappa shape index (κ2) is 6.90. The molecule has 0 saturated heterocycles. The van der Waals surface area contributed by atoms with Gasteiger partial charge < -0.3 is 5.32 Å². The number of hydrogen-bond acceptors (Lipinski definition) is 3. The van der Waals surface area contributed by atoms with Crippen molar-refractivity contribution in [2.75, 3.05) is 6.54 Å². The van der Waals surface area contributed by atoms with Crippen molar-refractivity contribution in [3.63, 3.8) is 0 Å². The maximum Gasteiger partial charge on any atom is 0.137 e. The van der Waals surface area contributed by atoms with Crippen LogP contribution in [0.5, 0.6) is 0 Å². The molecule has 0 unspecified atom stereocenters. The Morgan fingerprint density at radius 1 is 1.35 bits per heavy atom. The molecule has 0 aliphatic carbocycles. The Morgan fingerprint density at radius 3 is 2.80 bits per heavy atom. The van der Waals surface area contributed by atoms with Crippen LogP contribution in [0.1, 0.15) is 24.6 Å². The van der Waals surface area contributed by atoms with Gasteiger partial charge in [-0.1, -0.05) is 30.8 Å². The fraction of sp³-hybridized carbons (Fsp3) is 0.400. The Balaban J connectivity index is 2.24. The van der Waals surface area contributed by atoms with Crippen molar-refractivity contribution in [1.29, 1.82) is 0 Å². The van der Waals surface area contributed by atoms with Gasteiger partial charge in [0, 0.05) is 24.1 Å². The van der Waals surface area contributed by atoms with Crippen molar-refractivity contribution in [2.24, 2.45) is 7.05 Å². The van der Waals surface area contributed by atoms with Crippen molar-refractivity contribution in [3.05, 3.63) is 41.3 Å². The molecule has 5 heteroatoms. The number of hydrogen-bond donors (Lipinski definition) is 1. The summed E-state index contributed by atoms with van der Waals surface area (Å²) in [7, 11) is 1.90. The van der Waals surface area contributed by atoms with E-state index < -0.39 is 0 Å². The summed E-state index contributed by atoms with van der Waals surface area (Å²) in [5.74, 6) is -0.191. The van der Waals surface area contributed by atoms with Gasteiger partial charge in [0.2, 0.25) is 0 Å². The molecular weight excluding hydrogens is 273 g/mol. The zero-order chi connectivity index (χ0) is 14.5. The third kappa shape index (κ3) is 3.41. The smallest absolute Gasteiger partial charge is 0.137 e. The van der Waals surface area contributed by atoms with Crippen LogP contribution in [0.25, 0.3) is 0 Å². The lowest BCUT2D eigenvalue weighted by atomic mass is 10.2. The molecule has 0 spiro atoms. The van der Waals surface area contributed by atoms with E-state index in [1.807, 2.05) is 24.7 Å². The van der Waals surface area contributed by atoms with Crippen molar-refractivity contribution in [2.45, 2.75) is 36.7 Å². The number of nitrogens with one attached hydrogen (secondary N) is 1. The molecule has 0 aliphatic heterocycles. The van der Waals surface area contributed by atoms with E-state index in [4.69, 9.17) is 0 Å². The quantitative estimate of drug-likeness (QED) is 0.827. The Kier molecular flexibility index (Phi) is 5.20. The normalized spacial score (nSPS) is 11.0. The van der Waals surface area contributed by atoms with Gasteiger partial charge in [0.15, 0.2) is 0 Å². The van der Waals surface area contributed by atoms with E-state index >= 15 is 0 Å². The highest BCUT2D eigenvalue weighted by atomic mass is 32.2. The summed E-state index contributed by atoms with van der Waals surface area (Å²) in [6.07, 6.45) is 1.09. The molecule has 108 valence electrons. The second-order valence-corrected chi connectivity index (χ2v) is 5.73. The minimum atomic E-state index is -0.191. The maximum absolute atomic E-state index is 13.8. The molecule has 1 heterocycles. The lowest BCUT2D eigenvalue weighted by Crippen LogP contribution is -2.14. The average Bonchev–Trinajstić information content (AvgIpc) is 2.68. The number of nitrogens with zero attached hydrogens (tertiary/aromatic N) is 2. The standard InChI is InChI=1S/C15H20FN3S/c1-4-9-17-10-12-11(2)18-19(3)15(12)20-14-8-6-5-7-13(14)16/h5-8,17H,4,9-10H2,1-3H3. The zero-order valence-corrected chi connectivity index (χ0v) is 12.9. The number of rotatable bonds is 6. The SMILES string of the molecule is CCCNCc1c(C)nn(C)c1Sc1ccccc1F. The summed E-state index contributed by atoms with van der Waals surface area (Å²) in [6, 6.07) is 6.84. The molecule has 0 aliphatic rings. The summed E-state index contributed by atoms with van der Waals surface area (Å²) in [4.78, 5) is 0.632. The van der Waals surface area contributed by atoms with Gasteiger partial charge in [0.25, 0.3) is 0 Å². The van der Waals surface area contributed by atoms with E-state index in [-0.39, 0.29) is 5.82 Å². The maximum atomic E-state index is 13.8. The first-order chi connectivity index (χ1) is 9.63. The van der Waals surface area contributed by atoms with Gasteiger partial charge in [-0.15, -0.1) is 0 Å². The predicted molar refractivity (Wildman–Crippen MR) is 80.5 cm³/mol. The van der Waals surface area contributed by atoms with E-state index in [0.29, 0.717) is 4.90 Å². The average molecular weight is 293 g/mol. The number of aryl methyl sites for hydroxylation is 2. The minimum absolute atomic E-state index is 0.191. The van der Waals surface area contributed by atoms with Crippen molar-refractivity contribution < 1.29 is 4.39 Å². The van der Waals surface area contributed by atoms with Crippen LogP contribution in [-0.4, -0.2) is 16.3 Å². The van der Waals surface area contributed by atoms with Crippen LogP contribution in [0.3, 0.4) is 0 Å². The summed E-state index contributed by atoms with van der Waals surface area (Å²) in [5, 5.41) is 8.83. The molecule has 1 aromatic carbocycles.